The fraction of sp³-hybridized carbons (Fsp3) is 1.00. The Morgan fingerprint density at radius 3 is 1.23 bits per heavy atom. The van der Waals surface area contributed by atoms with Crippen LogP contribution in [0, 0.1) is 118 Å². The Kier molecular flexibility index (Phi) is 25.1. The molecule has 0 aromatic carbocycles. The fourth-order valence-corrected chi connectivity index (χ4v) is 24.5. The normalized spacial score (nSPS) is 51.5. The molecule has 24 fully saturated rings. The molecule has 0 aromatic heterocycles. The summed E-state index contributed by atoms with van der Waals surface area (Å²) in [7, 11) is 0. The third-order valence-electron chi connectivity index (χ3n) is 30.0. The van der Waals surface area contributed by atoms with Crippen molar-refractivity contribution in [1.82, 2.24) is 53.2 Å². The lowest BCUT2D eigenvalue weighted by atomic mass is 9.60. The van der Waals surface area contributed by atoms with Gasteiger partial charge in [-0.3, -0.25) is 0 Å². The van der Waals surface area contributed by atoms with E-state index in [1.54, 1.807) is 0 Å². The van der Waals surface area contributed by atoms with Gasteiger partial charge in [-0.25, -0.2) is 0 Å². The second kappa shape index (κ2) is 32.5. The highest BCUT2D eigenvalue weighted by atomic mass is 15.0. The first-order valence-corrected chi connectivity index (χ1v) is 40.8. The monoisotopic (exact) mass is 1250 g/mol. The molecule has 9 aliphatic carbocycles. The second-order valence-corrected chi connectivity index (χ2v) is 37.6. The highest BCUT2D eigenvalue weighted by molar-refractivity contribution is 5.01. The van der Waals surface area contributed by atoms with E-state index in [4.69, 9.17) is 0 Å². The first kappa shape index (κ1) is 69.5. The minimum Gasteiger partial charge on any atom is -0.316 e. The molecule has 0 spiro atoms. The van der Waals surface area contributed by atoms with Gasteiger partial charge >= 0.3 is 0 Å². The van der Waals surface area contributed by atoms with Gasteiger partial charge in [0.05, 0.1) is 0 Å². The summed E-state index contributed by atoms with van der Waals surface area (Å²) in [5.41, 5.74) is 0.722. The van der Waals surface area contributed by atoms with Crippen LogP contribution in [0.5, 0.6) is 0 Å². The van der Waals surface area contributed by atoms with Crippen LogP contribution in [0.1, 0.15) is 262 Å². The van der Waals surface area contributed by atoms with E-state index in [2.05, 4.69) is 122 Å². The predicted molar refractivity (Wildman–Crippen MR) is 381 cm³/mol. The van der Waals surface area contributed by atoms with Gasteiger partial charge in [-0.1, -0.05) is 69.2 Å². The molecule has 0 amide bonds. The molecular formula is C80H148N10. The van der Waals surface area contributed by atoms with Crippen molar-refractivity contribution in [2.45, 2.75) is 328 Å². The summed E-state index contributed by atoms with van der Waals surface area (Å²) in [5, 5.41) is 35.7. The summed E-state index contributed by atoms with van der Waals surface area (Å²) in [6, 6.07) is 9.75. The van der Waals surface area contributed by atoms with Crippen LogP contribution in [0.25, 0.3) is 0 Å². The first-order valence-electron chi connectivity index (χ1n) is 40.8. The van der Waals surface area contributed by atoms with E-state index in [9.17, 15) is 0 Å². The predicted octanol–water partition coefficient (Wildman–Crippen LogP) is 13.7. The van der Waals surface area contributed by atoms with Gasteiger partial charge in [0.15, 0.2) is 0 Å². The van der Waals surface area contributed by atoms with Crippen molar-refractivity contribution in [1.29, 1.82) is 0 Å². The van der Waals surface area contributed by atoms with Gasteiger partial charge in [0.2, 0.25) is 0 Å². The van der Waals surface area contributed by atoms with Crippen LogP contribution in [-0.2, 0) is 0 Å². The largest absolute Gasteiger partial charge is 0.316 e. The average molecular weight is 1250 g/mol. The van der Waals surface area contributed by atoms with Crippen molar-refractivity contribution in [2.75, 3.05) is 58.9 Å². The van der Waals surface area contributed by atoms with Gasteiger partial charge in [-0.05, 0) is 369 Å². The van der Waals surface area contributed by atoms with Crippen LogP contribution in [0.15, 0.2) is 0 Å². The third-order valence-corrected chi connectivity index (χ3v) is 30.0. The quantitative estimate of drug-likeness (QED) is 0.115. The molecule has 22 bridgehead atoms. The molecule has 15 saturated heterocycles. The second-order valence-electron chi connectivity index (χ2n) is 37.6. The highest BCUT2D eigenvalue weighted by Gasteiger charge is 2.46. The van der Waals surface area contributed by atoms with E-state index in [1.165, 1.54) is 252 Å². The van der Waals surface area contributed by atoms with Crippen LogP contribution in [-0.4, -0.2) is 125 Å². The highest BCUT2D eigenvalue weighted by Crippen LogP contribution is 2.52. The molecular weight excluding hydrogens is 1100 g/mol. The molecule has 24 rings (SSSR count). The number of hydrogen-bond acceptors (Lipinski definition) is 10. The lowest BCUT2D eigenvalue weighted by molar-refractivity contribution is 0.0690. The van der Waals surface area contributed by atoms with Crippen molar-refractivity contribution in [3.05, 3.63) is 0 Å². The topological polar surface area (TPSA) is 120 Å². The molecule has 15 heterocycles. The van der Waals surface area contributed by atoms with Crippen molar-refractivity contribution >= 4 is 0 Å². The molecule has 30 unspecified atom stereocenters. The molecule has 10 heteroatoms. The first-order chi connectivity index (χ1) is 43.5. The average Bonchev–Trinajstić information content (AvgIpc) is 3.80. The van der Waals surface area contributed by atoms with E-state index < -0.39 is 0 Å². The number of rotatable bonds is 0. The Labute approximate surface area is 555 Å². The van der Waals surface area contributed by atoms with Crippen molar-refractivity contribution in [2.24, 2.45) is 118 Å². The Bertz CT molecular complexity index is 1940. The van der Waals surface area contributed by atoms with Gasteiger partial charge in [-0.15, -0.1) is 0 Å². The zero-order chi connectivity index (χ0) is 62.5. The van der Waals surface area contributed by atoms with Crippen molar-refractivity contribution in [3.63, 3.8) is 0 Å². The molecule has 10 N–H and O–H groups in total. The summed E-state index contributed by atoms with van der Waals surface area (Å²) in [6.45, 7) is 35.6. The van der Waals surface area contributed by atoms with E-state index >= 15 is 0 Å². The zero-order valence-electron chi connectivity index (χ0n) is 60.4. The summed E-state index contributed by atoms with van der Waals surface area (Å²) in [4.78, 5) is 0. The van der Waals surface area contributed by atoms with E-state index in [0.717, 1.165) is 184 Å². The minimum absolute atomic E-state index is 0.722. The summed E-state index contributed by atoms with van der Waals surface area (Å²) in [6.07, 6.45) is 43.9. The van der Waals surface area contributed by atoms with Crippen LogP contribution in [0.4, 0.5) is 0 Å². The molecule has 0 aromatic rings. The van der Waals surface area contributed by atoms with Gasteiger partial charge in [0.1, 0.15) is 0 Å². The smallest absolute Gasteiger partial charge is 0.00960 e. The maximum Gasteiger partial charge on any atom is 0.00960 e. The van der Waals surface area contributed by atoms with E-state index in [1.807, 2.05) is 0 Å². The number of nitrogens with one attached hydrogen (secondary N) is 10. The fourth-order valence-electron chi connectivity index (χ4n) is 24.5. The van der Waals surface area contributed by atoms with Crippen molar-refractivity contribution in [3.8, 4) is 0 Å². The molecule has 15 aliphatic heterocycles. The van der Waals surface area contributed by atoms with Gasteiger partial charge in [0, 0.05) is 66.5 Å². The SMILES string of the molecule is CC12CC3CNC(CC(C3)C1)C2.CC1C2CCC1NC2.CC1C2CCC1NC2.CC1CC2CC1CN2.CC1CC2CCC(C1)N2.CC1CC2CCC1CNC2.CC1CC2CCC1NC2.CC1CC2CNC(C1)C2.CC1CC2CNC1C2.CC1CCC2CCC1N2. The zero-order valence-corrected chi connectivity index (χ0v) is 60.4. The summed E-state index contributed by atoms with van der Waals surface area (Å²) >= 11 is 0. The minimum atomic E-state index is 0.722. The Balaban J connectivity index is 0.0000000971. The summed E-state index contributed by atoms with van der Waals surface area (Å²) in [5.74, 6) is 19.1. The molecule has 0 radical (unpaired) electrons. The van der Waals surface area contributed by atoms with Gasteiger partial charge in [-0.2, -0.15) is 0 Å². The molecule has 24 aliphatic rings. The van der Waals surface area contributed by atoms with Gasteiger partial charge < -0.3 is 53.2 Å². The number of hydrogen-bond donors (Lipinski definition) is 10. The van der Waals surface area contributed by atoms with E-state index in [0.29, 0.717) is 0 Å². The number of fused-ring (bicyclic) bond motifs is 22. The maximum atomic E-state index is 3.73. The van der Waals surface area contributed by atoms with Crippen LogP contribution < -0.4 is 53.2 Å². The summed E-state index contributed by atoms with van der Waals surface area (Å²) < 4.78 is 0. The molecule has 9 saturated carbocycles. The lowest BCUT2D eigenvalue weighted by Crippen LogP contribution is -2.49. The third kappa shape index (κ3) is 18.9. The molecule has 10 nitrogen and oxygen atoms in total. The standard InChI is InChI=1S/C11H19N.C9H17N.4C8H15N.4C7H13N/c1-11-4-8-2-9(5-11)7-12-10(3-8)6-11;1-7-4-8-2-3-9(7)6-10-5-8;1-6-2-7-4-8(3-6)9-5-7;1-6-4-7-2-3-8(6)9-5-7;1-6-4-7-2-3-8(5-6)9-7;1-6-2-3-7-4-5-8(6)9-7;1-5-2-7-3-6(5)4-8-7;1-5-2-6-3-7(5)8-4-6;2*1-5-6-2-3-7(5)8-4-6/h8-10,12H,2-7H2,1H3;7-10H,2-6H2,1H3;4*6-9H,2-5H2,1H3;4*5-8H,2-4H2,1H3. The Morgan fingerprint density at radius 1 is 0.244 bits per heavy atom. The van der Waals surface area contributed by atoms with Crippen LogP contribution >= 0.6 is 0 Å². The Morgan fingerprint density at radius 2 is 0.744 bits per heavy atom. The molecule has 30 atom stereocenters. The molecule has 90 heavy (non-hydrogen) atoms. The number of piperidine rings is 8. The Hall–Kier alpha value is -0.400. The van der Waals surface area contributed by atoms with E-state index in [-0.39, 0.29) is 0 Å². The van der Waals surface area contributed by atoms with Crippen LogP contribution in [0.3, 0.4) is 0 Å². The van der Waals surface area contributed by atoms with Crippen molar-refractivity contribution < 1.29 is 0 Å². The maximum absolute atomic E-state index is 3.73. The lowest BCUT2D eigenvalue weighted by Gasteiger charge is -2.45. The molecule has 518 valence electrons. The van der Waals surface area contributed by atoms with Gasteiger partial charge in [0.25, 0.3) is 0 Å². The van der Waals surface area contributed by atoms with Crippen LogP contribution in [0.2, 0.25) is 0 Å².